The van der Waals surface area contributed by atoms with Crippen molar-refractivity contribution in [3.63, 3.8) is 0 Å². The number of amides is 1. The predicted octanol–water partition coefficient (Wildman–Crippen LogP) is 3.37. The van der Waals surface area contributed by atoms with Gasteiger partial charge in [0.25, 0.3) is 0 Å². The molecule has 2 rings (SSSR count). The Morgan fingerprint density at radius 3 is 2.16 bits per heavy atom. The number of thiophene rings is 2. The van der Waals surface area contributed by atoms with E-state index in [1.807, 2.05) is 34.7 Å². The van der Waals surface area contributed by atoms with Crippen LogP contribution in [-0.2, 0) is 22.6 Å². The number of carbonyl (C=O) groups is 1. The summed E-state index contributed by atoms with van der Waals surface area (Å²) in [4.78, 5) is 16.4. The van der Waals surface area contributed by atoms with Gasteiger partial charge in [-0.2, -0.15) is 0 Å². The Balaban J connectivity index is 2.01. The van der Waals surface area contributed by atoms with Crippen LogP contribution in [0.4, 0.5) is 0 Å². The summed E-state index contributed by atoms with van der Waals surface area (Å²) in [5.41, 5.74) is 0. The van der Waals surface area contributed by atoms with Crippen LogP contribution in [0.1, 0.15) is 16.7 Å². The molecule has 0 atom stereocenters. The van der Waals surface area contributed by atoms with E-state index in [4.69, 9.17) is 4.74 Å². The van der Waals surface area contributed by atoms with Crippen molar-refractivity contribution < 1.29 is 9.53 Å². The average molecular weight is 295 g/mol. The minimum Gasteiger partial charge on any atom is -0.372 e. The quantitative estimate of drug-likeness (QED) is 0.784. The largest absolute Gasteiger partial charge is 0.372 e. The van der Waals surface area contributed by atoms with Crippen LogP contribution in [0.3, 0.4) is 0 Å². The van der Waals surface area contributed by atoms with Crippen LogP contribution in [0, 0.1) is 0 Å². The third kappa shape index (κ3) is 4.45. The molecule has 19 heavy (non-hydrogen) atoms. The third-order valence-corrected chi connectivity index (χ3v) is 4.36. The minimum atomic E-state index is 0.0450. The van der Waals surface area contributed by atoms with Gasteiger partial charge in [0.1, 0.15) is 6.61 Å². The molecule has 0 radical (unpaired) electrons. The normalized spacial score (nSPS) is 10.6. The number of nitrogens with zero attached hydrogens (tertiary/aromatic N) is 1. The van der Waals surface area contributed by atoms with Crippen molar-refractivity contribution in [2.24, 2.45) is 0 Å². The SMILES string of the molecule is CCOCC(=O)N(Cc1cccs1)Cc1cccs1. The van der Waals surface area contributed by atoms with Crippen molar-refractivity contribution in [1.29, 1.82) is 0 Å². The third-order valence-electron chi connectivity index (χ3n) is 2.64. The first-order chi connectivity index (χ1) is 9.29. The highest BCUT2D eigenvalue weighted by molar-refractivity contribution is 7.10. The summed E-state index contributed by atoms with van der Waals surface area (Å²) in [6.45, 7) is 3.93. The zero-order valence-electron chi connectivity index (χ0n) is 10.9. The summed E-state index contributed by atoms with van der Waals surface area (Å²) >= 11 is 3.35. The van der Waals surface area contributed by atoms with Crippen LogP contribution < -0.4 is 0 Å². The zero-order valence-corrected chi connectivity index (χ0v) is 12.5. The molecule has 0 aliphatic rings. The fraction of sp³-hybridized carbons (Fsp3) is 0.357. The molecule has 0 bridgehead atoms. The fourth-order valence-electron chi connectivity index (χ4n) is 1.69. The molecule has 0 fully saturated rings. The van der Waals surface area contributed by atoms with Gasteiger partial charge >= 0.3 is 0 Å². The molecule has 0 aliphatic heterocycles. The molecule has 102 valence electrons. The number of hydrogen-bond acceptors (Lipinski definition) is 4. The molecule has 0 aromatic carbocycles. The van der Waals surface area contributed by atoms with Crippen molar-refractivity contribution in [2.45, 2.75) is 20.0 Å². The maximum Gasteiger partial charge on any atom is 0.249 e. The van der Waals surface area contributed by atoms with Gasteiger partial charge in [-0.1, -0.05) is 12.1 Å². The van der Waals surface area contributed by atoms with Crippen molar-refractivity contribution in [2.75, 3.05) is 13.2 Å². The van der Waals surface area contributed by atoms with E-state index < -0.39 is 0 Å². The highest BCUT2D eigenvalue weighted by atomic mass is 32.1. The van der Waals surface area contributed by atoms with E-state index in [-0.39, 0.29) is 12.5 Å². The molecule has 2 heterocycles. The summed E-state index contributed by atoms with van der Waals surface area (Å²) in [7, 11) is 0. The Hall–Kier alpha value is -1.17. The van der Waals surface area contributed by atoms with Gasteiger partial charge in [0.15, 0.2) is 0 Å². The van der Waals surface area contributed by atoms with Crippen LogP contribution in [0.25, 0.3) is 0 Å². The van der Waals surface area contributed by atoms with Crippen molar-refractivity contribution in [3.8, 4) is 0 Å². The summed E-state index contributed by atoms with van der Waals surface area (Å²) in [5, 5.41) is 4.07. The van der Waals surface area contributed by atoms with Gasteiger partial charge in [-0.25, -0.2) is 0 Å². The van der Waals surface area contributed by atoms with Gasteiger partial charge in [-0.15, -0.1) is 22.7 Å². The molecular weight excluding hydrogens is 278 g/mol. The van der Waals surface area contributed by atoms with Crippen LogP contribution in [-0.4, -0.2) is 24.0 Å². The molecule has 1 amide bonds. The molecule has 2 aromatic heterocycles. The number of ether oxygens (including phenoxy) is 1. The van der Waals surface area contributed by atoms with Crippen LogP contribution in [0.2, 0.25) is 0 Å². The highest BCUT2D eigenvalue weighted by Gasteiger charge is 2.15. The molecule has 0 spiro atoms. The molecule has 0 N–H and O–H groups in total. The lowest BCUT2D eigenvalue weighted by molar-refractivity contribution is -0.137. The van der Waals surface area contributed by atoms with Gasteiger partial charge in [0.05, 0.1) is 13.1 Å². The highest BCUT2D eigenvalue weighted by Crippen LogP contribution is 2.17. The zero-order chi connectivity index (χ0) is 13.5. The topological polar surface area (TPSA) is 29.5 Å². The average Bonchev–Trinajstić information content (AvgIpc) is 3.08. The van der Waals surface area contributed by atoms with E-state index in [0.29, 0.717) is 19.7 Å². The van der Waals surface area contributed by atoms with E-state index in [1.165, 1.54) is 9.75 Å². The van der Waals surface area contributed by atoms with Crippen LogP contribution >= 0.6 is 22.7 Å². The molecule has 5 heteroatoms. The first-order valence-corrected chi connectivity index (χ1v) is 7.95. The van der Waals surface area contributed by atoms with Gasteiger partial charge in [-0.3, -0.25) is 4.79 Å². The Bertz CT molecular complexity index is 443. The molecular formula is C14H17NO2S2. The lowest BCUT2D eigenvalue weighted by Crippen LogP contribution is -2.32. The Morgan fingerprint density at radius 1 is 1.16 bits per heavy atom. The van der Waals surface area contributed by atoms with Crippen LogP contribution in [0.5, 0.6) is 0 Å². The molecule has 0 unspecified atom stereocenters. The summed E-state index contributed by atoms with van der Waals surface area (Å²) in [5.74, 6) is 0.0450. The smallest absolute Gasteiger partial charge is 0.249 e. The number of hydrogen-bond donors (Lipinski definition) is 0. The van der Waals surface area contributed by atoms with E-state index >= 15 is 0 Å². The monoisotopic (exact) mass is 295 g/mol. The van der Waals surface area contributed by atoms with E-state index in [0.717, 1.165) is 0 Å². The molecule has 2 aromatic rings. The summed E-state index contributed by atoms with van der Waals surface area (Å²) in [6.07, 6.45) is 0. The molecule has 0 saturated carbocycles. The Kier molecular flexibility index (Phi) is 5.57. The van der Waals surface area contributed by atoms with Crippen molar-refractivity contribution in [3.05, 3.63) is 44.8 Å². The van der Waals surface area contributed by atoms with Gasteiger partial charge < -0.3 is 9.64 Å². The van der Waals surface area contributed by atoms with Gasteiger partial charge in [0, 0.05) is 16.4 Å². The standard InChI is InChI=1S/C14H17NO2S2/c1-2-17-11-14(16)15(9-12-5-3-7-18-12)10-13-6-4-8-19-13/h3-8H,2,9-11H2,1H3. The van der Waals surface area contributed by atoms with E-state index in [2.05, 4.69) is 12.1 Å². The van der Waals surface area contributed by atoms with Crippen molar-refractivity contribution in [1.82, 2.24) is 4.90 Å². The first kappa shape index (κ1) is 14.2. The second-order valence-corrected chi connectivity index (χ2v) is 6.11. The van der Waals surface area contributed by atoms with Crippen LogP contribution in [0.15, 0.2) is 35.0 Å². The second-order valence-electron chi connectivity index (χ2n) is 4.05. The lowest BCUT2D eigenvalue weighted by atomic mass is 10.3. The van der Waals surface area contributed by atoms with E-state index in [9.17, 15) is 4.79 Å². The molecule has 3 nitrogen and oxygen atoms in total. The Labute approximate surface area is 121 Å². The number of carbonyl (C=O) groups excluding carboxylic acids is 1. The molecule has 0 aliphatic carbocycles. The lowest BCUT2D eigenvalue weighted by Gasteiger charge is -2.21. The maximum atomic E-state index is 12.2. The minimum absolute atomic E-state index is 0.0450. The summed E-state index contributed by atoms with van der Waals surface area (Å²) < 4.78 is 5.23. The van der Waals surface area contributed by atoms with Crippen molar-refractivity contribution >= 4 is 28.6 Å². The maximum absolute atomic E-state index is 12.2. The fourth-order valence-corrected chi connectivity index (χ4v) is 3.13. The van der Waals surface area contributed by atoms with E-state index in [1.54, 1.807) is 22.7 Å². The predicted molar refractivity (Wildman–Crippen MR) is 79.4 cm³/mol. The van der Waals surface area contributed by atoms with Gasteiger partial charge in [-0.05, 0) is 29.8 Å². The Morgan fingerprint density at radius 2 is 1.74 bits per heavy atom. The second kappa shape index (κ2) is 7.43. The van der Waals surface area contributed by atoms with Gasteiger partial charge in [0.2, 0.25) is 5.91 Å². The molecule has 0 saturated heterocycles. The first-order valence-electron chi connectivity index (χ1n) is 6.20. The number of rotatable bonds is 7. The summed E-state index contributed by atoms with van der Waals surface area (Å²) in [6, 6.07) is 8.13.